The largest absolute Gasteiger partial charge is 0.493 e. The highest BCUT2D eigenvalue weighted by Gasteiger charge is 2.15. The number of methoxy groups -OCH3 is 1. The molecular weight excluding hydrogens is 412 g/mol. The second kappa shape index (κ2) is 10.1. The van der Waals surface area contributed by atoms with Crippen LogP contribution >= 0.6 is 23.1 Å². The van der Waals surface area contributed by atoms with Gasteiger partial charge < -0.3 is 19.8 Å². The maximum Gasteiger partial charge on any atom is 0.337 e. The van der Waals surface area contributed by atoms with Crippen LogP contribution in [-0.4, -0.2) is 46.1 Å². The number of nitrogens with two attached hydrogens (primary N) is 1. The summed E-state index contributed by atoms with van der Waals surface area (Å²) in [5.74, 6) is 1.27. The van der Waals surface area contributed by atoms with Gasteiger partial charge in [0, 0.05) is 18.7 Å². The van der Waals surface area contributed by atoms with Crippen molar-refractivity contribution >= 4 is 35.0 Å². The number of aromatic nitrogens is 3. The fourth-order valence-corrected chi connectivity index (χ4v) is 4.00. The molecule has 0 radical (unpaired) electrons. The van der Waals surface area contributed by atoms with Crippen LogP contribution in [0.25, 0.3) is 10.7 Å². The molecule has 3 rings (SSSR count). The fourth-order valence-electron chi connectivity index (χ4n) is 2.50. The van der Waals surface area contributed by atoms with Crippen molar-refractivity contribution in [3.8, 4) is 16.5 Å². The molecule has 10 heteroatoms. The minimum Gasteiger partial charge on any atom is -0.493 e. The summed E-state index contributed by atoms with van der Waals surface area (Å²) in [6.45, 7) is 0.868. The number of thiophene rings is 1. The molecule has 1 amide bonds. The molecule has 2 heterocycles. The van der Waals surface area contributed by atoms with Gasteiger partial charge in [0.1, 0.15) is 5.75 Å². The molecule has 0 aliphatic carbocycles. The highest BCUT2D eigenvalue weighted by Crippen LogP contribution is 2.27. The first kappa shape index (κ1) is 20.9. The SMILES string of the molecule is COC(=O)c1ccc(OCCSc2nnc(-c3cccs3)n2CCC(N)=O)cc1. The Bertz CT molecular complexity index is 955. The van der Waals surface area contributed by atoms with Crippen LogP contribution in [0.4, 0.5) is 0 Å². The fraction of sp³-hybridized carbons (Fsp3) is 0.263. The van der Waals surface area contributed by atoms with Crippen LogP contribution in [0.2, 0.25) is 0 Å². The first-order valence-corrected chi connectivity index (χ1v) is 10.6. The molecule has 2 N–H and O–H groups in total. The maximum atomic E-state index is 11.4. The first-order chi connectivity index (χ1) is 14.1. The molecule has 0 bridgehead atoms. The molecule has 0 atom stereocenters. The van der Waals surface area contributed by atoms with E-state index in [0.717, 1.165) is 10.7 Å². The van der Waals surface area contributed by atoms with Gasteiger partial charge in [-0.15, -0.1) is 21.5 Å². The second-order valence-electron chi connectivity index (χ2n) is 5.86. The molecule has 0 saturated carbocycles. The molecule has 8 nitrogen and oxygen atoms in total. The van der Waals surface area contributed by atoms with E-state index in [1.165, 1.54) is 18.9 Å². The van der Waals surface area contributed by atoms with E-state index in [-0.39, 0.29) is 18.3 Å². The van der Waals surface area contributed by atoms with Gasteiger partial charge in [0.05, 0.1) is 24.2 Å². The summed E-state index contributed by atoms with van der Waals surface area (Å²) in [5, 5.41) is 11.2. The van der Waals surface area contributed by atoms with Crippen LogP contribution in [0.5, 0.6) is 5.75 Å². The Balaban J connectivity index is 1.58. The number of hydrogen-bond donors (Lipinski definition) is 1. The number of rotatable bonds is 10. The van der Waals surface area contributed by atoms with Crippen LogP contribution in [0.3, 0.4) is 0 Å². The van der Waals surface area contributed by atoms with Crippen molar-refractivity contribution in [1.82, 2.24) is 14.8 Å². The van der Waals surface area contributed by atoms with Crippen molar-refractivity contribution < 1.29 is 19.1 Å². The summed E-state index contributed by atoms with van der Waals surface area (Å²) in [6, 6.07) is 10.7. The lowest BCUT2D eigenvalue weighted by atomic mass is 10.2. The van der Waals surface area contributed by atoms with Gasteiger partial charge in [0.25, 0.3) is 0 Å². The summed E-state index contributed by atoms with van der Waals surface area (Å²) in [7, 11) is 1.34. The average Bonchev–Trinajstić information content (AvgIpc) is 3.39. The standard InChI is InChI=1S/C19H20N4O4S2/c1-26-18(25)13-4-6-14(7-5-13)27-10-12-29-19-22-21-17(15-3-2-11-28-15)23(19)9-8-16(20)24/h2-7,11H,8-10,12H2,1H3,(H2,20,24). The monoisotopic (exact) mass is 432 g/mol. The molecule has 3 aromatic rings. The van der Waals surface area contributed by atoms with Gasteiger partial charge in [-0.2, -0.15) is 0 Å². The molecule has 152 valence electrons. The summed E-state index contributed by atoms with van der Waals surface area (Å²) in [4.78, 5) is 23.6. The topological polar surface area (TPSA) is 109 Å². The lowest BCUT2D eigenvalue weighted by molar-refractivity contribution is -0.118. The van der Waals surface area contributed by atoms with Crippen molar-refractivity contribution in [2.24, 2.45) is 5.73 Å². The molecule has 0 saturated heterocycles. The zero-order valence-electron chi connectivity index (χ0n) is 15.7. The Hall–Kier alpha value is -2.85. The van der Waals surface area contributed by atoms with Gasteiger partial charge in [-0.25, -0.2) is 4.79 Å². The average molecular weight is 433 g/mol. The molecule has 2 aromatic heterocycles. The van der Waals surface area contributed by atoms with Crippen molar-refractivity contribution in [2.45, 2.75) is 18.1 Å². The van der Waals surface area contributed by atoms with Gasteiger partial charge in [0.2, 0.25) is 5.91 Å². The summed E-state index contributed by atoms with van der Waals surface area (Å²) >= 11 is 3.05. The van der Waals surface area contributed by atoms with Crippen LogP contribution in [-0.2, 0) is 16.1 Å². The Morgan fingerprint density at radius 2 is 2.00 bits per heavy atom. The molecule has 0 aliphatic rings. The summed E-state index contributed by atoms with van der Waals surface area (Å²) in [6.07, 6.45) is 0.215. The highest BCUT2D eigenvalue weighted by atomic mass is 32.2. The van der Waals surface area contributed by atoms with Gasteiger partial charge in [-0.3, -0.25) is 4.79 Å². The lowest BCUT2D eigenvalue weighted by Gasteiger charge is -2.09. The quantitative estimate of drug-likeness (QED) is 0.298. The van der Waals surface area contributed by atoms with Crippen LogP contribution in [0.15, 0.2) is 46.9 Å². The van der Waals surface area contributed by atoms with Gasteiger partial charge in [0.15, 0.2) is 11.0 Å². The molecule has 0 unspecified atom stereocenters. The van der Waals surface area contributed by atoms with Crippen molar-refractivity contribution in [2.75, 3.05) is 19.5 Å². The Kier molecular flexibility index (Phi) is 7.25. The van der Waals surface area contributed by atoms with E-state index in [4.69, 9.17) is 10.5 Å². The number of nitrogens with zero attached hydrogens (tertiary/aromatic N) is 3. The molecular formula is C19H20N4O4S2. The van der Waals surface area contributed by atoms with Crippen molar-refractivity contribution in [3.63, 3.8) is 0 Å². The van der Waals surface area contributed by atoms with Crippen LogP contribution in [0.1, 0.15) is 16.8 Å². The molecule has 1 aromatic carbocycles. The smallest absolute Gasteiger partial charge is 0.337 e. The minimum atomic E-state index is -0.385. The Labute approximate surface area is 176 Å². The van der Waals surface area contributed by atoms with Gasteiger partial charge in [-0.05, 0) is 35.7 Å². The number of hydrogen-bond acceptors (Lipinski definition) is 8. The predicted octanol–water partition coefficient (Wildman–Crippen LogP) is 2.84. The number of carbonyl (C=O) groups is 2. The normalized spacial score (nSPS) is 10.7. The van der Waals surface area contributed by atoms with E-state index in [2.05, 4.69) is 14.9 Å². The van der Waals surface area contributed by atoms with E-state index >= 15 is 0 Å². The Morgan fingerprint density at radius 1 is 1.21 bits per heavy atom. The number of ether oxygens (including phenoxy) is 2. The molecule has 29 heavy (non-hydrogen) atoms. The lowest BCUT2D eigenvalue weighted by Crippen LogP contribution is -2.15. The van der Waals surface area contributed by atoms with E-state index in [0.29, 0.717) is 35.4 Å². The number of amides is 1. The number of benzene rings is 1. The summed E-state index contributed by atoms with van der Waals surface area (Å²) in [5.41, 5.74) is 5.78. The molecule has 0 spiro atoms. The van der Waals surface area contributed by atoms with Crippen LogP contribution in [0, 0.1) is 0 Å². The van der Waals surface area contributed by atoms with E-state index in [9.17, 15) is 9.59 Å². The van der Waals surface area contributed by atoms with E-state index < -0.39 is 0 Å². The van der Waals surface area contributed by atoms with Gasteiger partial charge in [-0.1, -0.05) is 17.8 Å². The second-order valence-corrected chi connectivity index (χ2v) is 7.87. The number of esters is 1. The zero-order valence-corrected chi connectivity index (χ0v) is 17.4. The van der Waals surface area contributed by atoms with Crippen LogP contribution < -0.4 is 10.5 Å². The zero-order chi connectivity index (χ0) is 20.6. The summed E-state index contributed by atoms with van der Waals surface area (Å²) < 4.78 is 12.3. The van der Waals surface area contributed by atoms with Crippen molar-refractivity contribution in [3.05, 3.63) is 47.3 Å². The first-order valence-electron chi connectivity index (χ1n) is 8.78. The van der Waals surface area contributed by atoms with Gasteiger partial charge >= 0.3 is 5.97 Å². The maximum absolute atomic E-state index is 11.4. The number of primary amides is 1. The minimum absolute atomic E-state index is 0.215. The predicted molar refractivity (Wildman–Crippen MR) is 111 cm³/mol. The number of carbonyl (C=O) groups excluding carboxylic acids is 2. The Morgan fingerprint density at radius 3 is 2.66 bits per heavy atom. The number of thioether (sulfide) groups is 1. The highest BCUT2D eigenvalue weighted by molar-refractivity contribution is 7.99. The third-order valence-corrected chi connectivity index (χ3v) is 5.70. The van der Waals surface area contributed by atoms with E-state index in [1.807, 2.05) is 22.1 Å². The third-order valence-electron chi connectivity index (χ3n) is 3.90. The molecule has 0 fully saturated rings. The third kappa shape index (κ3) is 5.58. The van der Waals surface area contributed by atoms with E-state index in [1.54, 1.807) is 35.6 Å². The van der Waals surface area contributed by atoms with Crippen molar-refractivity contribution in [1.29, 1.82) is 0 Å². The molecule has 0 aliphatic heterocycles.